The molecule has 0 saturated heterocycles. The number of ketones is 1. The Morgan fingerprint density at radius 3 is 1.56 bits per heavy atom. The van der Waals surface area contributed by atoms with Gasteiger partial charge in [-0.1, -0.05) is 191 Å². The van der Waals surface area contributed by atoms with Crippen LogP contribution in [0.15, 0.2) is 54.6 Å². The molecule has 0 aromatic heterocycles. The fraction of sp³-hybridized carbons (Fsp3) is 0.709. The Morgan fingerprint density at radius 1 is 0.556 bits per heavy atom. The van der Waals surface area contributed by atoms with Crippen molar-refractivity contribution in [2.24, 2.45) is 23.7 Å². The maximum Gasteiger partial charge on any atom is 0.305 e. The zero-order valence-electron chi connectivity index (χ0n) is 40.0. The van der Waals surface area contributed by atoms with Crippen LogP contribution in [0, 0.1) is 23.7 Å². The van der Waals surface area contributed by atoms with E-state index in [2.05, 4.69) is 13.8 Å². The van der Waals surface area contributed by atoms with Crippen molar-refractivity contribution in [3.63, 3.8) is 0 Å². The molecule has 0 aliphatic heterocycles. The third-order valence-corrected chi connectivity index (χ3v) is 13.8. The van der Waals surface area contributed by atoms with E-state index in [1.807, 2.05) is 6.07 Å². The number of ether oxygens (including phenoxy) is 2. The first kappa shape index (κ1) is 53.8. The van der Waals surface area contributed by atoms with Crippen LogP contribution in [0.25, 0.3) is 0 Å². The third kappa shape index (κ3) is 21.3. The highest BCUT2D eigenvalue weighted by Crippen LogP contribution is 2.48. The monoisotopic (exact) mass is 874 g/mol. The summed E-state index contributed by atoms with van der Waals surface area (Å²) in [7, 11) is 1.48. The second kappa shape index (κ2) is 33.9. The predicted octanol–water partition coefficient (Wildman–Crippen LogP) is 13.5. The first-order chi connectivity index (χ1) is 30.8. The van der Waals surface area contributed by atoms with Crippen molar-refractivity contribution < 1.29 is 33.8 Å². The van der Waals surface area contributed by atoms with Gasteiger partial charge in [-0.05, 0) is 68.3 Å². The molecule has 4 atom stereocenters. The summed E-state index contributed by atoms with van der Waals surface area (Å²) >= 11 is 0. The van der Waals surface area contributed by atoms with Crippen molar-refractivity contribution in [3.05, 3.63) is 71.3 Å². The molecule has 1 fully saturated rings. The van der Waals surface area contributed by atoms with E-state index < -0.39 is 0 Å². The Kier molecular flexibility index (Phi) is 29.0. The lowest BCUT2D eigenvalue weighted by Gasteiger charge is -2.44. The van der Waals surface area contributed by atoms with E-state index in [-0.39, 0.29) is 55.5 Å². The summed E-state index contributed by atoms with van der Waals surface area (Å²) in [6.07, 6.45) is 34.1. The van der Waals surface area contributed by atoms with Gasteiger partial charge in [0.1, 0.15) is 6.61 Å². The molecule has 8 heteroatoms. The van der Waals surface area contributed by atoms with Crippen LogP contribution in [0.2, 0.25) is 0 Å². The largest absolute Gasteiger partial charge is 0.469 e. The lowest BCUT2D eigenvalue weighted by molar-refractivity contribution is -0.144. The molecular formula is C55H87NO7. The number of hydrogen-bond acceptors (Lipinski definition) is 7. The van der Waals surface area contributed by atoms with Gasteiger partial charge in [0.15, 0.2) is 5.78 Å². The summed E-state index contributed by atoms with van der Waals surface area (Å²) in [5.74, 6) is 2.46. The van der Waals surface area contributed by atoms with Crippen LogP contribution in [0.3, 0.4) is 0 Å². The van der Waals surface area contributed by atoms with Crippen molar-refractivity contribution in [2.45, 2.75) is 194 Å². The Balaban J connectivity index is 1.45. The van der Waals surface area contributed by atoms with Gasteiger partial charge in [0, 0.05) is 30.5 Å². The van der Waals surface area contributed by atoms with E-state index >= 15 is 0 Å². The number of benzene rings is 2. The summed E-state index contributed by atoms with van der Waals surface area (Å²) in [6, 6.07) is 15.6. The van der Waals surface area contributed by atoms with E-state index in [0.717, 1.165) is 55.8 Å². The molecule has 0 radical (unpaired) electrons. The Hall–Kier alpha value is -3.52. The second-order valence-electron chi connectivity index (χ2n) is 18.5. The summed E-state index contributed by atoms with van der Waals surface area (Å²) in [5, 5.41) is 9.72. The van der Waals surface area contributed by atoms with Gasteiger partial charge in [-0.2, -0.15) is 0 Å². The van der Waals surface area contributed by atoms with E-state index in [9.17, 15) is 24.3 Å². The average Bonchev–Trinajstić information content (AvgIpc) is 3.31. The van der Waals surface area contributed by atoms with Crippen LogP contribution in [-0.2, 0) is 19.1 Å². The highest BCUT2D eigenvalue weighted by Gasteiger charge is 2.37. The number of methoxy groups -OCH3 is 1. The van der Waals surface area contributed by atoms with E-state index in [4.69, 9.17) is 9.47 Å². The number of unbranched alkanes of at least 4 members (excludes halogenated alkanes) is 16. The summed E-state index contributed by atoms with van der Waals surface area (Å²) < 4.78 is 10.4. The minimum atomic E-state index is -0.375. The van der Waals surface area contributed by atoms with Crippen LogP contribution >= 0.6 is 0 Å². The van der Waals surface area contributed by atoms with E-state index in [1.165, 1.54) is 147 Å². The molecule has 1 N–H and O–H groups in total. The van der Waals surface area contributed by atoms with Gasteiger partial charge < -0.3 is 19.5 Å². The number of esters is 2. The van der Waals surface area contributed by atoms with Gasteiger partial charge >= 0.3 is 11.9 Å². The normalized spacial score (nSPS) is 17.3. The average molecular weight is 874 g/mol. The molecule has 1 saturated carbocycles. The van der Waals surface area contributed by atoms with Crippen molar-refractivity contribution in [1.29, 1.82) is 0 Å². The summed E-state index contributed by atoms with van der Waals surface area (Å²) in [6.45, 7) is 4.63. The highest BCUT2D eigenvalue weighted by molar-refractivity contribution is 6.15. The topological polar surface area (TPSA) is 110 Å². The number of aliphatic hydroxyl groups is 1. The molecule has 8 nitrogen and oxygen atoms in total. The maximum atomic E-state index is 13.6. The quantitative estimate of drug-likeness (QED) is 0.0412. The zero-order chi connectivity index (χ0) is 45.3. The number of carbonyl (C=O) groups is 4. The highest BCUT2D eigenvalue weighted by atomic mass is 16.5. The summed E-state index contributed by atoms with van der Waals surface area (Å²) in [5.41, 5.74) is 1.07. The Morgan fingerprint density at radius 2 is 1.02 bits per heavy atom. The Labute approximate surface area is 383 Å². The van der Waals surface area contributed by atoms with Gasteiger partial charge in [-0.25, -0.2) is 0 Å². The molecule has 4 unspecified atom stereocenters. The van der Waals surface area contributed by atoms with Crippen molar-refractivity contribution in [2.75, 3.05) is 33.4 Å². The standard InChI is InChI=1S/C55H87NO7/c1-4-6-8-10-14-23-33-49-46(40-39-45(29-19-9-7-5-2)48(49)34-24-15-12-16-25-37-52(58)62-3)30-20-13-11-17-26-38-53(59)63-44-42-56(41-43-57)55(61)51-36-28-27-35-50(51)54(60)47-31-21-18-22-32-47/h18,21-22,27-28,31-32,35-36,45-46,48-49,57H,4-17,19-20,23-26,29-30,33-34,37-44H2,1-3H3. The molecule has 63 heavy (non-hydrogen) atoms. The van der Waals surface area contributed by atoms with Crippen LogP contribution in [0.1, 0.15) is 220 Å². The number of aliphatic hydroxyl groups excluding tert-OH is 1. The number of hydrogen-bond donors (Lipinski definition) is 1. The van der Waals surface area contributed by atoms with Gasteiger partial charge in [0.2, 0.25) is 0 Å². The molecule has 354 valence electrons. The maximum absolute atomic E-state index is 13.6. The fourth-order valence-electron chi connectivity index (χ4n) is 10.2. The zero-order valence-corrected chi connectivity index (χ0v) is 40.0. The van der Waals surface area contributed by atoms with E-state index in [0.29, 0.717) is 24.0 Å². The molecule has 3 rings (SSSR count). The molecule has 0 bridgehead atoms. The first-order valence-electron chi connectivity index (χ1n) is 25.7. The lowest BCUT2D eigenvalue weighted by atomic mass is 9.61. The molecule has 1 amide bonds. The van der Waals surface area contributed by atoms with E-state index in [1.54, 1.807) is 48.5 Å². The van der Waals surface area contributed by atoms with Gasteiger partial charge in [-0.3, -0.25) is 19.2 Å². The van der Waals surface area contributed by atoms with Crippen LogP contribution in [-0.4, -0.2) is 67.0 Å². The molecule has 1 aliphatic carbocycles. The molecule has 0 heterocycles. The van der Waals surface area contributed by atoms with Gasteiger partial charge in [-0.15, -0.1) is 0 Å². The van der Waals surface area contributed by atoms with Crippen LogP contribution in [0.4, 0.5) is 0 Å². The summed E-state index contributed by atoms with van der Waals surface area (Å²) in [4.78, 5) is 52.5. The minimum absolute atomic E-state index is 0.0400. The molecule has 2 aromatic rings. The molecule has 2 aromatic carbocycles. The molecule has 0 spiro atoms. The van der Waals surface area contributed by atoms with Crippen molar-refractivity contribution in [3.8, 4) is 0 Å². The van der Waals surface area contributed by atoms with Crippen LogP contribution < -0.4 is 0 Å². The molecular weight excluding hydrogens is 787 g/mol. The Bertz CT molecular complexity index is 1530. The number of amides is 1. The first-order valence-corrected chi connectivity index (χ1v) is 25.7. The van der Waals surface area contributed by atoms with Crippen molar-refractivity contribution >= 4 is 23.6 Å². The smallest absolute Gasteiger partial charge is 0.305 e. The SMILES string of the molecule is CCCCCCCCC1C(CCCCCCCC(=O)OCCN(CCO)C(=O)c2ccccc2C(=O)c2ccccc2)CCC(CCCCCC)C1CCCCCCCC(=O)OC. The number of rotatable bonds is 36. The van der Waals surface area contributed by atoms with Gasteiger partial charge in [0.25, 0.3) is 5.91 Å². The van der Waals surface area contributed by atoms with Crippen LogP contribution in [0.5, 0.6) is 0 Å². The number of carbonyl (C=O) groups excluding carboxylic acids is 4. The number of nitrogens with zero attached hydrogens (tertiary/aromatic N) is 1. The minimum Gasteiger partial charge on any atom is -0.469 e. The predicted molar refractivity (Wildman–Crippen MR) is 257 cm³/mol. The third-order valence-electron chi connectivity index (χ3n) is 13.8. The van der Waals surface area contributed by atoms with Gasteiger partial charge in [0.05, 0.1) is 25.8 Å². The van der Waals surface area contributed by atoms with Crippen molar-refractivity contribution in [1.82, 2.24) is 4.90 Å². The molecule has 1 aliphatic rings. The lowest BCUT2D eigenvalue weighted by Crippen LogP contribution is -2.37. The second-order valence-corrected chi connectivity index (χ2v) is 18.5. The fourth-order valence-corrected chi connectivity index (χ4v) is 10.2.